The molecule has 3 atom stereocenters. The summed E-state index contributed by atoms with van der Waals surface area (Å²) in [6, 6.07) is 5.78. The van der Waals surface area contributed by atoms with E-state index < -0.39 is 0 Å². The molecular formula is C17H26Cl2N2O. The molecule has 1 heterocycles. The number of aliphatic hydroxyl groups excluding tert-OH is 1. The molecule has 1 aromatic rings. The van der Waals surface area contributed by atoms with Crippen molar-refractivity contribution in [1.29, 1.82) is 0 Å². The first-order chi connectivity index (χ1) is 10.3. The minimum absolute atomic E-state index is 0.157. The normalized spacial score (nSPS) is 24.7. The third kappa shape index (κ3) is 5.10. The van der Waals surface area contributed by atoms with Crippen LogP contribution in [0.5, 0.6) is 0 Å². The summed E-state index contributed by atoms with van der Waals surface area (Å²) in [5, 5.41) is 11.5. The van der Waals surface area contributed by atoms with E-state index in [0.29, 0.717) is 16.0 Å². The Morgan fingerprint density at radius 1 is 1.32 bits per heavy atom. The van der Waals surface area contributed by atoms with Gasteiger partial charge < -0.3 is 10.8 Å². The molecule has 0 spiro atoms. The summed E-state index contributed by atoms with van der Waals surface area (Å²) >= 11 is 12.2. The van der Waals surface area contributed by atoms with E-state index in [1.807, 2.05) is 12.1 Å². The molecule has 0 radical (unpaired) electrons. The molecule has 22 heavy (non-hydrogen) atoms. The lowest BCUT2D eigenvalue weighted by atomic mass is 9.87. The van der Waals surface area contributed by atoms with Crippen molar-refractivity contribution in [3.63, 3.8) is 0 Å². The molecule has 0 amide bonds. The van der Waals surface area contributed by atoms with Gasteiger partial charge in [-0.3, -0.25) is 4.90 Å². The fourth-order valence-corrected chi connectivity index (χ4v) is 3.62. The molecule has 1 aromatic carbocycles. The van der Waals surface area contributed by atoms with Crippen LogP contribution >= 0.6 is 23.2 Å². The van der Waals surface area contributed by atoms with Crippen LogP contribution in [0.15, 0.2) is 18.2 Å². The van der Waals surface area contributed by atoms with Crippen LogP contribution in [0, 0.1) is 11.8 Å². The SMILES string of the molecule is CC(C)C(O)CC1CC(N)CN(Cc2ccc(Cl)cc2Cl)C1. The van der Waals surface area contributed by atoms with E-state index in [4.69, 9.17) is 28.9 Å². The fourth-order valence-electron chi connectivity index (χ4n) is 3.15. The molecule has 1 aliphatic rings. The Balaban J connectivity index is 1.98. The van der Waals surface area contributed by atoms with Gasteiger partial charge in [-0.2, -0.15) is 0 Å². The first-order valence-electron chi connectivity index (χ1n) is 7.95. The number of nitrogens with zero attached hydrogens (tertiary/aromatic N) is 1. The number of piperidine rings is 1. The van der Waals surface area contributed by atoms with Gasteiger partial charge in [-0.05, 0) is 42.4 Å². The maximum absolute atomic E-state index is 10.1. The third-order valence-corrected chi connectivity index (χ3v) is 4.99. The predicted molar refractivity (Wildman–Crippen MR) is 93.3 cm³/mol. The minimum Gasteiger partial charge on any atom is -0.393 e. The monoisotopic (exact) mass is 344 g/mol. The van der Waals surface area contributed by atoms with Gasteiger partial charge in [0.05, 0.1) is 6.10 Å². The predicted octanol–water partition coefficient (Wildman–Crippen LogP) is 3.55. The number of likely N-dealkylation sites (tertiary alicyclic amines) is 1. The quantitative estimate of drug-likeness (QED) is 0.858. The lowest BCUT2D eigenvalue weighted by Crippen LogP contribution is -2.47. The second-order valence-electron chi connectivity index (χ2n) is 6.84. The molecule has 0 saturated carbocycles. The van der Waals surface area contributed by atoms with E-state index >= 15 is 0 Å². The van der Waals surface area contributed by atoms with Gasteiger partial charge in [0.2, 0.25) is 0 Å². The Bertz CT molecular complexity index is 496. The van der Waals surface area contributed by atoms with Crippen molar-refractivity contribution in [3.8, 4) is 0 Å². The number of aliphatic hydroxyl groups is 1. The van der Waals surface area contributed by atoms with Crippen LogP contribution in [0.4, 0.5) is 0 Å². The molecule has 124 valence electrons. The van der Waals surface area contributed by atoms with Gasteiger partial charge in [0.25, 0.3) is 0 Å². The summed E-state index contributed by atoms with van der Waals surface area (Å²) in [7, 11) is 0. The van der Waals surface area contributed by atoms with E-state index in [-0.39, 0.29) is 18.1 Å². The average molecular weight is 345 g/mol. The Labute approximate surface area is 143 Å². The molecule has 3 N–H and O–H groups in total. The van der Waals surface area contributed by atoms with Crippen molar-refractivity contribution in [3.05, 3.63) is 33.8 Å². The summed E-state index contributed by atoms with van der Waals surface area (Å²) in [5.74, 6) is 0.726. The highest BCUT2D eigenvalue weighted by Crippen LogP contribution is 2.27. The summed E-state index contributed by atoms with van der Waals surface area (Å²) in [6.45, 7) is 6.71. The molecule has 5 heteroatoms. The maximum atomic E-state index is 10.1. The Morgan fingerprint density at radius 2 is 2.05 bits per heavy atom. The maximum Gasteiger partial charge on any atom is 0.0566 e. The molecular weight excluding hydrogens is 319 g/mol. The minimum atomic E-state index is -0.253. The molecule has 0 bridgehead atoms. The van der Waals surface area contributed by atoms with E-state index in [0.717, 1.165) is 38.0 Å². The summed E-state index contributed by atoms with van der Waals surface area (Å²) in [4.78, 5) is 2.33. The average Bonchev–Trinajstić information content (AvgIpc) is 2.41. The standard InChI is InChI=1S/C17H26Cl2N2O/c1-11(2)17(22)6-12-5-15(20)10-21(8-12)9-13-3-4-14(18)7-16(13)19/h3-4,7,11-12,15,17,22H,5-6,8-10,20H2,1-2H3. The number of hydrogen-bond acceptors (Lipinski definition) is 3. The highest BCUT2D eigenvalue weighted by molar-refractivity contribution is 6.35. The van der Waals surface area contributed by atoms with Crippen LogP contribution in [0.25, 0.3) is 0 Å². The number of benzene rings is 1. The molecule has 3 unspecified atom stereocenters. The smallest absolute Gasteiger partial charge is 0.0566 e. The number of hydrogen-bond donors (Lipinski definition) is 2. The summed E-state index contributed by atoms with van der Waals surface area (Å²) < 4.78 is 0. The first-order valence-corrected chi connectivity index (χ1v) is 8.70. The molecule has 1 saturated heterocycles. The van der Waals surface area contributed by atoms with Crippen molar-refractivity contribution in [2.24, 2.45) is 17.6 Å². The van der Waals surface area contributed by atoms with Crippen molar-refractivity contribution >= 4 is 23.2 Å². The van der Waals surface area contributed by atoms with Gasteiger partial charge in [-0.1, -0.05) is 43.1 Å². The topological polar surface area (TPSA) is 49.5 Å². The van der Waals surface area contributed by atoms with Crippen LogP contribution < -0.4 is 5.73 Å². The van der Waals surface area contributed by atoms with E-state index in [1.165, 1.54) is 0 Å². The van der Waals surface area contributed by atoms with Crippen molar-refractivity contribution in [1.82, 2.24) is 4.90 Å². The second-order valence-corrected chi connectivity index (χ2v) is 7.68. The lowest BCUT2D eigenvalue weighted by molar-refractivity contribution is 0.0642. The fraction of sp³-hybridized carbons (Fsp3) is 0.647. The number of rotatable bonds is 5. The van der Waals surface area contributed by atoms with Crippen molar-refractivity contribution in [2.45, 2.75) is 45.4 Å². The molecule has 3 nitrogen and oxygen atoms in total. The van der Waals surface area contributed by atoms with E-state index in [9.17, 15) is 5.11 Å². The molecule has 1 fully saturated rings. The highest BCUT2D eigenvalue weighted by Gasteiger charge is 2.27. The zero-order valence-corrected chi connectivity index (χ0v) is 14.8. The van der Waals surface area contributed by atoms with Crippen LogP contribution in [-0.2, 0) is 6.54 Å². The Hall–Kier alpha value is -0.320. The largest absolute Gasteiger partial charge is 0.393 e. The van der Waals surface area contributed by atoms with Crippen LogP contribution in [-0.4, -0.2) is 35.2 Å². The first kappa shape index (κ1) is 18.0. The van der Waals surface area contributed by atoms with Crippen LogP contribution in [0.3, 0.4) is 0 Å². The number of nitrogens with two attached hydrogens (primary N) is 1. The number of halogens is 2. The molecule has 2 rings (SSSR count). The summed E-state index contributed by atoms with van der Waals surface area (Å²) in [5.41, 5.74) is 7.28. The van der Waals surface area contributed by atoms with Gasteiger partial charge >= 0.3 is 0 Å². The Kier molecular flexibility index (Phi) is 6.54. The zero-order chi connectivity index (χ0) is 16.3. The third-order valence-electron chi connectivity index (χ3n) is 4.40. The van der Waals surface area contributed by atoms with Gasteiger partial charge in [0, 0.05) is 35.7 Å². The van der Waals surface area contributed by atoms with Gasteiger partial charge in [0.1, 0.15) is 0 Å². The second kappa shape index (κ2) is 7.98. The van der Waals surface area contributed by atoms with Crippen molar-refractivity contribution < 1.29 is 5.11 Å². The Morgan fingerprint density at radius 3 is 2.68 bits per heavy atom. The van der Waals surface area contributed by atoms with Crippen molar-refractivity contribution in [2.75, 3.05) is 13.1 Å². The van der Waals surface area contributed by atoms with Crippen LogP contribution in [0.1, 0.15) is 32.3 Å². The highest BCUT2D eigenvalue weighted by atomic mass is 35.5. The van der Waals surface area contributed by atoms with Crippen LogP contribution in [0.2, 0.25) is 10.0 Å². The van der Waals surface area contributed by atoms with Gasteiger partial charge in [-0.15, -0.1) is 0 Å². The summed E-state index contributed by atoms with van der Waals surface area (Å²) in [6.07, 6.45) is 1.54. The molecule has 0 aliphatic carbocycles. The zero-order valence-electron chi connectivity index (χ0n) is 13.3. The van der Waals surface area contributed by atoms with Gasteiger partial charge in [0.15, 0.2) is 0 Å². The van der Waals surface area contributed by atoms with E-state index in [1.54, 1.807) is 6.07 Å². The molecule has 0 aromatic heterocycles. The lowest BCUT2D eigenvalue weighted by Gasteiger charge is -2.37. The van der Waals surface area contributed by atoms with E-state index in [2.05, 4.69) is 18.7 Å². The van der Waals surface area contributed by atoms with Gasteiger partial charge in [-0.25, -0.2) is 0 Å². The molecule has 1 aliphatic heterocycles.